The van der Waals surface area contributed by atoms with Crippen LogP contribution in [0.1, 0.15) is 16.8 Å². The van der Waals surface area contributed by atoms with Crippen molar-refractivity contribution in [2.45, 2.75) is 6.42 Å². The van der Waals surface area contributed by atoms with Gasteiger partial charge in [0.15, 0.2) is 9.84 Å². The minimum absolute atomic E-state index is 0.0695. The zero-order valence-electron chi connectivity index (χ0n) is 10.2. The van der Waals surface area contributed by atoms with Gasteiger partial charge in [-0.3, -0.25) is 4.79 Å². The Morgan fingerprint density at radius 2 is 1.95 bits per heavy atom. The van der Waals surface area contributed by atoms with Gasteiger partial charge in [-0.15, -0.1) is 0 Å². The van der Waals surface area contributed by atoms with E-state index in [1.807, 2.05) is 0 Å². The van der Waals surface area contributed by atoms with Crippen LogP contribution in [-0.2, 0) is 9.84 Å². The van der Waals surface area contributed by atoms with Crippen LogP contribution in [0.3, 0.4) is 0 Å². The van der Waals surface area contributed by atoms with Gasteiger partial charge in [0.05, 0.1) is 11.5 Å². The van der Waals surface area contributed by atoms with E-state index in [1.165, 1.54) is 18.2 Å². The van der Waals surface area contributed by atoms with Crippen molar-refractivity contribution in [3.63, 3.8) is 0 Å². The lowest BCUT2D eigenvalue weighted by Gasteiger charge is -2.11. The summed E-state index contributed by atoms with van der Waals surface area (Å²) in [5.41, 5.74) is -0.191. The Balaban J connectivity index is 1.99. The highest BCUT2D eigenvalue weighted by Crippen LogP contribution is 2.26. The first-order chi connectivity index (χ1) is 8.89. The molecular formula is C12H15NO5S. The number of nitrogens with one attached hydrogen (secondary N) is 1. The average Bonchev–Trinajstić information content (AvgIpc) is 2.66. The molecule has 1 aliphatic rings. The van der Waals surface area contributed by atoms with E-state index in [9.17, 15) is 23.4 Å². The number of rotatable bonds is 3. The lowest BCUT2D eigenvalue weighted by molar-refractivity contribution is 0.0943. The average molecular weight is 285 g/mol. The van der Waals surface area contributed by atoms with Crippen LogP contribution < -0.4 is 5.32 Å². The molecule has 1 aromatic carbocycles. The fourth-order valence-electron chi connectivity index (χ4n) is 2.12. The quantitative estimate of drug-likeness (QED) is 0.739. The summed E-state index contributed by atoms with van der Waals surface area (Å²) >= 11 is 0. The molecule has 1 atom stereocenters. The van der Waals surface area contributed by atoms with Crippen molar-refractivity contribution >= 4 is 15.7 Å². The van der Waals surface area contributed by atoms with E-state index >= 15 is 0 Å². The minimum Gasteiger partial charge on any atom is -0.507 e. The largest absolute Gasteiger partial charge is 0.507 e. The summed E-state index contributed by atoms with van der Waals surface area (Å²) in [5.74, 6) is -1.12. The van der Waals surface area contributed by atoms with E-state index in [0.29, 0.717) is 6.42 Å². The molecule has 2 rings (SSSR count). The standard InChI is InChI=1S/C12H15NO5S/c14-9-2-1-3-10(15)11(9)12(16)13-6-8-4-5-19(17,18)7-8/h1-3,8,14-15H,4-7H2,(H,13,16). The Kier molecular flexibility index (Phi) is 3.66. The molecule has 3 N–H and O–H groups in total. The number of carbonyl (C=O) groups excluding carboxylic acids is 1. The van der Waals surface area contributed by atoms with E-state index < -0.39 is 15.7 Å². The highest BCUT2D eigenvalue weighted by molar-refractivity contribution is 7.91. The summed E-state index contributed by atoms with van der Waals surface area (Å²) in [6, 6.07) is 4.02. The number of sulfone groups is 1. The molecular weight excluding hydrogens is 270 g/mol. The van der Waals surface area contributed by atoms with Gasteiger partial charge in [-0.2, -0.15) is 0 Å². The second-order valence-electron chi connectivity index (χ2n) is 4.65. The zero-order chi connectivity index (χ0) is 14.0. The van der Waals surface area contributed by atoms with Crippen molar-refractivity contribution in [1.82, 2.24) is 5.32 Å². The van der Waals surface area contributed by atoms with Crippen LogP contribution in [0.25, 0.3) is 0 Å². The lowest BCUT2D eigenvalue weighted by Crippen LogP contribution is -2.29. The maximum atomic E-state index is 11.8. The third-order valence-corrected chi connectivity index (χ3v) is 4.96. The van der Waals surface area contributed by atoms with Gasteiger partial charge in [-0.1, -0.05) is 6.07 Å². The normalized spacial score (nSPS) is 21.2. The van der Waals surface area contributed by atoms with Crippen molar-refractivity contribution in [1.29, 1.82) is 0 Å². The third kappa shape index (κ3) is 3.17. The zero-order valence-corrected chi connectivity index (χ0v) is 11.0. The molecule has 0 aliphatic carbocycles. The predicted octanol–water partition coefficient (Wildman–Crippen LogP) is 0.262. The Morgan fingerprint density at radius 3 is 2.47 bits per heavy atom. The van der Waals surface area contributed by atoms with Crippen LogP contribution in [-0.4, -0.2) is 42.6 Å². The van der Waals surface area contributed by atoms with Crippen molar-refractivity contribution < 1.29 is 23.4 Å². The van der Waals surface area contributed by atoms with E-state index in [1.54, 1.807) is 0 Å². The first kappa shape index (κ1) is 13.7. The minimum atomic E-state index is -2.97. The summed E-state index contributed by atoms with van der Waals surface area (Å²) in [6.07, 6.45) is 0.523. The van der Waals surface area contributed by atoms with Crippen molar-refractivity contribution in [3.05, 3.63) is 23.8 Å². The highest BCUT2D eigenvalue weighted by Gasteiger charge is 2.28. The van der Waals surface area contributed by atoms with E-state index in [4.69, 9.17) is 0 Å². The van der Waals surface area contributed by atoms with Gasteiger partial charge in [0.1, 0.15) is 17.1 Å². The first-order valence-corrected chi connectivity index (χ1v) is 7.71. The summed E-state index contributed by atoms with van der Waals surface area (Å²) in [5, 5.41) is 21.6. The van der Waals surface area contributed by atoms with Crippen molar-refractivity contribution in [3.8, 4) is 11.5 Å². The number of amides is 1. The van der Waals surface area contributed by atoms with E-state index in [0.717, 1.165) is 0 Å². The molecule has 7 heteroatoms. The molecule has 6 nitrogen and oxygen atoms in total. The third-order valence-electron chi connectivity index (χ3n) is 3.13. The molecule has 0 spiro atoms. The molecule has 0 aromatic heterocycles. The van der Waals surface area contributed by atoms with Crippen molar-refractivity contribution in [2.75, 3.05) is 18.1 Å². The molecule has 19 heavy (non-hydrogen) atoms. The number of hydrogen-bond donors (Lipinski definition) is 3. The van der Waals surface area contributed by atoms with E-state index in [2.05, 4.69) is 5.32 Å². The smallest absolute Gasteiger partial charge is 0.258 e. The molecule has 1 aromatic rings. The topological polar surface area (TPSA) is 104 Å². The van der Waals surface area contributed by atoms with Crippen molar-refractivity contribution in [2.24, 2.45) is 5.92 Å². The maximum Gasteiger partial charge on any atom is 0.258 e. The number of hydrogen-bond acceptors (Lipinski definition) is 5. The van der Waals surface area contributed by atoms with Gasteiger partial charge in [0, 0.05) is 6.54 Å². The van der Waals surface area contributed by atoms with Gasteiger partial charge < -0.3 is 15.5 Å². The molecule has 1 heterocycles. The van der Waals surface area contributed by atoms with Gasteiger partial charge in [-0.05, 0) is 24.5 Å². The molecule has 1 unspecified atom stereocenters. The Hall–Kier alpha value is -1.76. The fraction of sp³-hybridized carbons (Fsp3) is 0.417. The lowest BCUT2D eigenvalue weighted by atomic mass is 10.1. The molecule has 1 amide bonds. The van der Waals surface area contributed by atoms with Gasteiger partial charge >= 0.3 is 0 Å². The second-order valence-corrected chi connectivity index (χ2v) is 6.88. The van der Waals surface area contributed by atoms with Crippen LogP contribution in [0.2, 0.25) is 0 Å². The molecule has 1 aliphatic heterocycles. The highest BCUT2D eigenvalue weighted by atomic mass is 32.2. The summed E-state index contributed by atoms with van der Waals surface area (Å²) < 4.78 is 22.5. The van der Waals surface area contributed by atoms with Gasteiger partial charge in [0.25, 0.3) is 5.91 Å². The maximum absolute atomic E-state index is 11.8. The Labute approximate surface area is 111 Å². The summed E-state index contributed by atoms with van der Waals surface area (Å²) in [6.45, 7) is 0.214. The molecule has 104 valence electrons. The number of phenols is 2. The van der Waals surface area contributed by atoms with Gasteiger partial charge in [0.2, 0.25) is 0 Å². The number of phenolic OH excluding ortho intramolecular Hbond substituents is 2. The van der Waals surface area contributed by atoms with Crippen LogP contribution in [0.4, 0.5) is 0 Å². The number of aromatic hydroxyl groups is 2. The molecule has 0 bridgehead atoms. The summed E-state index contributed by atoms with van der Waals surface area (Å²) in [7, 11) is -2.97. The summed E-state index contributed by atoms with van der Waals surface area (Å²) in [4.78, 5) is 11.8. The Bertz CT molecular complexity index is 576. The van der Waals surface area contributed by atoms with Crippen LogP contribution in [0.15, 0.2) is 18.2 Å². The molecule has 0 saturated carbocycles. The monoisotopic (exact) mass is 285 g/mol. The van der Waals surface area contributed by atoms with Gasteiger partial charge in [-0.25, -0.2) is 8.42 Å². The second kappa shape index (κ2) is 5.08. The molecule has 0 radical (unpaired) electrons. The first-order valence-electron chi connectivity index (χ1n) is 5.88. The predicted molar refractivity (Wildman–Crippen MR) is 68.9 cm³/mol. The number of benzene rings is 1. The Morgan fingerprint density at radius 1 is 1.32 bits per heavy atom. The van der Waals surface area contributed by atoms with Crippen LogP contribution >= 0.6 is 0 Å². The molecule has 1 saturated heterocycles. The van der Waals surface area contributed by atoms with Crippen LogP contribution in [0.5, 0.6) is 11.5 Å². The fourth-order valence-corrected chi connectivity index (χ4v) is 3.98. The van der Waals surface area contributed by atoms with E-state index in [-0.39, 0.29) is 41.0 Å². The van der Waals surface area contributed by atoms with Crippen LogP contribution in [0, 0.1) is 5.92 Å². The number of carbonyl (C=O) groups is 1. The SMILES string of the molecule is O=C(NCC1CCS(=O)(=O)C1)c1c(O)cccc1O. The molecule has 1 fully saturated rings.